The molecule has 0 unspecified atom stereocenters. The van der Waals surface area contributed by atoms with E-state index in [0.29, 0.717) is 19.5 Å². The van der Waals surface area contributed by atoms with Crippen LogP contribution in [-0.2, 0) is 19.5 Å². The number of unbranched alkanes of at least 4 members (excludes halogenated alkanes) is 2. The molecule has 0 saturated carbocycles. The van der Waals surface area contributed by atoms with Gasteiger partial charge in [0.1, 0.15) is 0 Å². The first-order chi connectivity index (χ1) is 12.5. The predicted molar refractivity (Wildman–Crippen MR) is 103 cm³/mol. The summed E-state index contributed by atoms with van der Waals surface area (Å²) in [7, 11) is 0. The fraction of sp³-hybridized carbons (Fsp3) is 0.529. The summed E-state index contributed by atoms with van der Waals surface area (Å²) in [4.78, 5) is 39.1. The molecule has 10 heteroatoms. The number of rotatable bonds is 8. The summed E-state index contributed by atoms with van der Waals surface area (Å²) in [6.45, 7) is 4.90. The molecular weight excluding hydrogens is 397 g/mol. The summed E-state index contributed by atoms with van der Waals surface area (Å²) in [6.07, 6.45) is 4.34. The van der Waals surface area contributed by atoms with Crippen molar-refractivity contribution in [3.05, 3.63) is 42.2 Å². The van der Waals surface area contributed by atoms with E-state index in [1.807, 2.05) is 12.4 Å². The fourth-order valence-electron chi connectivity index (χ4n) is 2.97. The average molecular weight is 418 g/mol. The Kier molecular flexibility index (Phi) is 8.30. The van der Waals surface area contributed by atoms with Crippen LogP contribution in [0, 0.1) is 6.92 Å². The Hall–Kier alpha value is -0.930. The molecule has 7 nitrogen and oxygen atoms in total. The third kappa shape index (κ3) is 4.92. The normalized spacial score (nSPS) is 11.1. The van der Waals surface area contributed by atoms with Gasteiger partial charge in [-0.1, -0.05) is 31.4 Å². The van der Waals surface area contributed by atoms with Gasteiger partial charge in [-0.05, 0) is 26.2 Å². The van der Waals surface area contributed by atoms with Gasteiger partial charge < -0.3 is 9.97 Å². The fourth-order valence-corrected chi connectivity index (χ4v) is 3.96. The van der Waals surface area contributed by atoms with E-state index < -0.39 is 5.56 Å². The van der Waals surface area contributed by atoms with Gasteiger partial charge in [0, 0.05) is 34.4 Å². The second kappa shape index (κ2) is 10.0. The van der Waals surface area contributed by atoms with Crippen LogP contribution in [0.1, 0.15) is 43.2 Å². The summed E-state index contributed by atoms with van der Waals surface area (Å²) >= 11 is 7.49. The van der Waals surface area contributed by atoms with Crippen molar-refractivity contribution >= 4 is 34.1 Å². The molecule has 0 atom stereocenters. The van der Waals surface area contributed by atoms with E-state index in [1.165, 1.54) is 14.0 Å². The molecule has 0 bridgehead atoms. The summed E-state index contributed by atoms with van der Waals surface area (Å²) in [5, 5.41) is -0.00113. The first-order valence-electron chi connectivity index (χ1n) is 8.75. The quantitative estimate of drug-likeness (QED) is 0.287. The zero-order valence-electron chi connectivity index (χ0n) is 15.9. The predicted octanol–water partition coefficient (Wildman–Crippen LogP) is -0.239. The smallest absolute Gasteiger partial charge is 0.420 e. The molecule has 0 amide bonds. The van der Waals surface area contributed by atoms with Gasteiger partial charge in [0.15, 0.2) is 0 Å². The maximum absolute atomic E-state index is 12.9. The first-order valence-corrected chi connectivity index (χ1v) is 10.0. The summed E-state index contributed by atoms with van der Waals surface area (Å²) < 4.78 is 2.79. The molecule has 0 aliphatic heterocycles. The zero-order chi connectivity index (χ0) is 18.7. The number of fused-ring (bicyclic) bond motifs is 1. The van der Waals surface area contributed by atoms with E-state index in [-0.39, 0.29) is 51.7 Å². The number of hydrogen-bond donors (Lipinski definition) is 0. The Morgan fingerprint density at radius 2 is 1.93 bits per heavy atom. The van der Waals surface area contributed by atoms with E-state index in [9.17, 15) is 9.59 Å². The number of nitrogens with zero attached hydrogens (tertiary/aromatic N) is 5. The van der Waals surface area contributed by atoms with Crippen LogP contribution in [0.5, 0.6) is 0 Å². The van der Waals surface area contributed by atoms with Gasteiger partial charge >= 0.3 is 35.2 Å². The minimum absolute atomic E-state index is 0. The average Bonchev–Trinajstić information content (AvgIpc) is 3.19. The van der Waals surface area contributed by atoms with Gasteiger partial charge in [-0.3, -0.25) is 13.9 Å². The van der Waals surface area contributed by atoms with Crippen LogP contribution in [0.15, 0.2) is 15.1 Å². The Labute approximate surface area is 188 Å². The number of hydrogen-bond acceptors (Lipinski definition) is 5. The Morgan fingerprint density at radius 3 is 2.59 bits per heavy atom. The van der Waals surface area contributed by atoms with Gasteiger partial charge in [-0.2, -0.15) is 0 Å². The van der Waals surface area contributed by atoms with Crippen LogP contribution in [0.2, 0.25) is 5.28 Å². The second-order valence-electron chi connectivity index (χ2n) is 6.23. The number of imidazole rings is 1. The molecule has 0 saturated heterocycles. The van der Waals surface area contributed by atoms with Crippen LogP contribution in [0.3, 0.4) is 0 Å². The van der Waals surface area contributed by atoms with Crippen LogP contribution in [0.25, 0.3) is 11.2 Å². The summed E-state index contributed by atoms with van der Waals surface area (Å²) in [6, 6.07) is 0. The van der Waals surface area contributed by atoms with Gasteiger partial charge in [-0.15, -0.1) is 11.3 Å². The Morgan fingerprint density at radius 1 is 1.19 bits per heavy atom. The monoisotopic (exact) mass is 417 g/mol. The molecule has 0 aromatic carbocycles. The number of halogens is 1. The van der Waals surface area contributed by atoms with Crippen LogP contribution in [0.4, 0.5) is 0 Å². The van der Waals surface area contributed by atoms with Crippen molar-refractivity contribution in [1.82, 2.24) is 24.1 Å². The van der Waals surface area contributed by atoms with Gasteiger partial charge in [-0.25, -0.2) is 9.78 Å². The molecule has 3 aromatic heterocycles. The topological polar surface area (TPSA) is 83.9 Å². The largest absolute Gasteiger partial charge is 1.00 e. The molecule has 0 aliphatic carbocycles. The zero-order valence-corrected chi connectivity index (χ0v) is 19.4. The van der Waals surface area contributed by atoms with E-state index in [0.717, 1.165) is 31.4 Å². The molecule has 0 aliphatic rings. The van der Waals surface area contributed by atoms with Crippen molar-refractivity contribution in [2.75, 3.05) is 0 Å². The SMILES string of the molecule is CCCCCn1c(=O)n(CCCc2scnc2C)c(=O)c2[n-]c(Cl)nc21.[Na+]. The number of aromatic nitrogens is 5. The van der Waals surface area contributed by atoms with E-state index in [4.69, 9.17) is 11.6 Å². The molecule has 3 aromatic rings. The van der Waals surface area contributed by atoms with Crippen molar-refractivity contribution in [2.24, 2.45) is 0 Å². The van der Waals surface area contributed by atoms with E-state index >= 15 is 0 Å². The molecule has 140 valence electrons. The third-order valence-electron chi connectivity index (χ3n) is 4.39. The van der Waals surface area contributed by atoms with Crippen molar-refractivity contribution in [3.8, 4) is 0 Å². The molecule has 3 heterocycles. The molecule has 0 radical (unpaired) electrons. The molecule has 27 heavy (non-hydrogen) atoms. The number of aryl methyl sites for hydroxylation is 3. The maximum atomic E-state index is 12.9. The van der Waals surface area contributed by atoms with Gasteiger partial charge in [0.05, 0.1) is 11.2 Å². The van der Waals surface area contributed by atoms with Crippen LogP contribution < -0.4 is 45.8 Å². The van der Waals surface area contributed by atoms with E-state index in [1.54, 1.807) is 11.3 Å². The van der Waals surface area contributed by atoms with Crippen molar-refractivity contribution in [1.29, 1.82) is 0 Å². The molecule has 3 rings (SSSR count). The van der Waals surface area contributed by atoms with Crippen LogP contribution in [-0.4, -0.2) is 19.1 Å². The molecular formula is C17H21ClN5NaO2S. The van der Waals surface area contributed by atoms with Gasteiger partial charge in [0.25, 0.3) is 5.56 Å². The summed E-state index contributed by atoms with van der Waals surface area (Å²) in [5.74, 6) is 0. The van der Waals surface area contributed by atoms with Crippen molar-refractivity contribution in [3.63, 3.8) is 0 Å². The first kappa shape index (κ1) is 22.4. The van der Waals surface area contributed by atoms with Crippen LogP contribution >= 0.6 is 22.9 Å². The summed E-state index contributed by atoms with van der Waals surface area (Å²) in [5.41, 5.74) is 2.51. The minimum atomic E-state index is -0.419. The molecule has 0 N–H and O–H groups in total. The van der Waals surface area contributed by atoms with Gasteiger partial charge in [0.2, 0.25) is 0 Å². The third-order valence-corrected chi connectivity index (χ3v) is 5.56. The maximum Gasteiger partial charge on any atom is 1.00 e. The number of thiazole rings is 1. The molecule has 0 spiro atoms. The standard InChI is InChI=1S/C17H22ClN5O2S.Na/c1-3-4-5-8-22-14-13(20-16(18)21-14)15(24)23(17(22)25)9-6-7-12-11(2)19-10-26-12;/h10H,3-9H2,1-2H3,(H,20,21,24);/q;+1/p-1. The molecule has 0 fully saturated rings. The second-order valence-corrected chi connectivity index (χ2v) is 7.50. The van der Waals surface area contributed by atoms with Crippen molar-refractivity contribution < 1.29 is 29.6 Å². The Balaban J connectivity index is 0.00000261. The van der Waals surface area contributed by atoms with Crippen molar-refractivity contribution in [2.45, 2.75) is 59.0 Å². The van der Waals surface area contributed by atoms with E-state index in [2.05, 4.69) is 21.9 Å². The minimum Gasteiger partial charge on any atom is -0.420 e. The Bertz CT molecular complexity index is 1020.